The molecule has 2 aromatic heterocycles. The second kappa shape index (κ2) is 12.0. The number of aryl methyl sites for hydroxylation is 3. The van der Waals surface area contributed by atoms with Gasteiger partial charge in [0.15, 0.2) is 0 Å². The van der Waals surface area contributed by atoms with E-state index in [4.69, 9.17) is 0 Å². The lowest BCUT2D eigenvalue weighted by Gasteiger charge is -2.28. The molecule has 5 aromatic rings. The highest BCUT2D eigenvalue weighted by Crippen LogP contribution is 2.32. The van der Waals surface area contributed by atoms with Crippen LogP contribution in [-0.2, 0) is 11.8 Å². The highest BCUT2D eigenvalue weighted by atomic mass is 19.1. The number of halogens is 1. The number of carbonyl (C=O) groups excluding carboxylic acids is 2. The Balaban J connectivity index is 1.52. The van der Waals surface area contributed by atoms with Crippen LogP contribution in [0, 0.1) is 19.7 Å². The third-order valence-electron chi connectivity index (χ3n) is 7.10. The van der Waals surface area contributed by atoms with Gasteiger partial charge < -0.3 is 10.6 Å². The van der Waals surface area contributed by atoms with Crippen molar-refractivity contribution in [2.45, 2.75) is 25.8 Å². The van der Waals surface area contributed by atoms with Gasteiger partial charge in [0.25, 0.3) is 5.91 Å². The summed E-state index contributed by atoms with van der Waals surface area (Å²) < 4.78 is 16.9. The molecular formula is C33H30FN5O2. The average Bonchev–Trinajstić information content (AvgIpc) is 3.40. The monoisotopic (exact) mass is 547 g/mol. The Bertz CT molecular complexity index is 1630. The minimum Gasteiger partial charge on any atom is -0.338 e. The highest BCUT2D eigenvalue weighted by molar-refractivity contribution is 6.01. The fourth-order valence-electron chi connectivity index (χ4n) is 5.15. The quantitative estimate of drug-likeness (QED) is 0.257. The highest BCUT2D eigenvalue weighted by Gasteiger charge is 2.33. The topological polar surface area (TPSA) is 88.9 Å². The van der Waals surface area contributed by atoms with Gasteiger partial charge in [-0.05, 0) is 65.9 Å². The summed E-state index contributed by atoms with van der Waals surface area (Å²) in [5.41, 5.74) is 5.17. The second-order valence-corrected chi connectivity index (χ2v) is 9.92. The lowest BCUT2D eigenvalue weighted by atomic mass is 9.84. The first-order chi connectivity index (χ1) is 19.8. The molecule has 1 atom stereocenters. The van der Waals surface area contributed by atoms with Crippen molar-refractivity contribution < 1.29 is 14.0 Å². The Morgan fingerprint density at radius 3 is 2.00 bits per heavy atom. The minimum absolute atomic E-state index is 0.278. The van der Waals surface area contributed by atoms with E-state index in [1.807, 2.05) is 74.5 Å². The van der Waals surface area contributed by atoms with Gasteiger partial charge in [0.1, 0.15) is 17.6 Å². The minimum atomic E-state index is -1.03. The van der Waals surface area contributed by atoms with Crippen molar-refractivity contribution in [2.24, 2.45) is 7.05 Å². The maximum absolute atomic E-state index is 15.4. The van der Waals surface area contributed by atoms with Crippen molar-refractivity contribution in [3.8, 4) is 11.1 Å². The average molecular weight is 548 g/mol. The van der Waals surface area contributed by atoms with Gasteiger partial charge in [-0.25, -0.2) is 4.39 Å². The first-order valence-corrected chi connectivity index (χ1v) is 13.2. The molecule has 0 fully saturated rings. The standard InChI is InChI=1S/C33H30FN5O2/c1-21-19-35-20-22(2)29(21)26-15-14-25(18-27(26)34)37-33(41)31(38-32(40)28-16-17-36-39(28)3)30(23-10-6-4-7-11-23)24-12-8-5-9-13-24/h4-20,30-31H,1-3H3,(H,37,41)(H,38,40)/t31-/m0/s1. The summed E-state index contributed by atoms with van der Waals surface area (Å²) in [5, 5.41) is 9.86. The zero-order valence-electron chi connectivity index (χ0n) is 23.0. The van der Waals surface area contributed by atoms with Crippen molar-refractivity contribution in [1.29, 1.82) is 0 Å². The van der Waals surface area contributed by atoms with Crippen molar-refractivity contribution in [1.82, 2.24) is 20.1 Å². The summed E-state index contributed by atoms with van der Waals surface area (Å²) in [6.45, 7) is 3.76. The Hall–Kier alpha value is -5.11. The molecule has 5 rings (SSSR count). The Labute approximate surface area is 238 Å². The van der Waals surface area contributed by atoms with Crippen LogP contribution < -0.4 is 10.6 Å². The van der Waals surface area contributed by atoms with Crippen molar-refractivity contribution in [3.05, 3.63) is 137 Å². The maximum Gasteiger partial charge on any atom is 0.270 e. The molecule has 0 radical (unpaired) electrons. The number of nitrogens with zero attached hydrogens (tertiary/aromatic N) is 3. The number of rotatable bonds is 8. The summed E-state index contributed by atoms with van der Waals surface area (Å²) in [6.07, 6.45) is 4.91. The molecule has 7 nitrogen and oxygen atoms in total. The van der Waals surface area contributed by atoms with E-state index >= 15 is 4.39 Å². The van der Waals surface area contributed by atoms with Crippen LogP contribution in [0.25, 0.3) is 11.1 Å². The van der Waals surface area contributed by atoms with E-state index in [9.17, 15) is 9.59 Å². The number of hydrogen-bond donors (Lipinski definition) is 2. The lowest BCUT2D eigenvalue weighted by Crippen LogP contribution is -2.48. The molecule has 0 unspecified atom stereocenters. The number of anilines is 1. The zero-order chi connectivity index (χ0) is 28.9. The molecule has 2 heterocycles. The molecule has 2 amide bonds. The fraction of sp³-hybridized carbons (Fsp3) is 0.152. The Kier molecular flexibility index (Phi) is 8.01. The van der Waals surface area contributed by atoms with Crippen LogP contribution in [0.1, 0.15) is 38.7 Å². The predicted octanol–water partition coefficient (Wildman–Crippen LogP) is 5.81. The number of pyridine rings is 1. The van der Waals surface area contributed by atoms with E-state index in [0.717, 1.165) is 27.8 Å². The lowest BCUT2D eigenvalue weighted by molar-refractivity contribution is -0.118. The predicted molar refractivity (Wildman–Crippen MR) is 157 cm³/mol. The number of aromatic nitrogens is 3. The van der Waals surface area contributed by atoms with E-state index in [1.54, 1.807) is 37.6 Å². The van der Waals surface area contributed by atoms with E-state index < -0.39 is 29.6 Å². The smallest absolute Gasteiger partial charge is 0.270 e. The number of amides is 2. The van der Waals surface area contributed by atoms with Crippen LogP contribution >= 0.6 is 0 Å². The molecule has 0 bridgehead atoms. The van der Waals surface area contributed by atoms with Crippen LogP contribution in [0.4, 0.5) is 10.1 Å². The van der Waals surface area contributed by atoms with Crippen molar-refractivity contribution in [3.63, 3.8) is 0 Å². The summed E-state index contributed by atoms with van der Waals surface area (Å²) in [4.78, 5) is 31.5. The van der Waals surface area contributed by atoms with Gasteiger partial charge >= 0.3 is 0 Å². The van der Waals surface area contributed by atoms with Gasteiger partial charge in [0.2, 0.25) is 5.91 Å². The molecule has 0 aliphatic rings. The van der Waals surface area contributed by atoms with Crippen LogP contribution in [0.15, 0.2) is 104 Å². The summed E-state index contributed by atoms with van der Waals surface area (Å²) in [5.74, 6) is -1.94. The third-order valence-corrected chi connectivity index (χ3v) is 7.10. The van der Waals surface area contributed by atoms with Gasteiger partial charge in [-0.15, -0.1) is 0 Å². The fourth-order valence-corrected chi connectivity index (χ4v) is 5.15. The normalized spacial score (nSPS) is 11.7. The van der Waals surface area contributed by atoms with Crippen LogP contribution in [0.5, 0.6) is 0 Å². The van der Waals surface area contributed by atoms with Crippen LogP contribution in [-0.4, -0.2) is 32.6 Å². The molecule has 2 N–H and O–H groups in total. The van der Waals surface area contributed by atoms with Gasteiger partial charge in [-0.1, -0.05) is 60.7 Å². The molecule has 0 spiro atoms. The van der Waals surface area contributed by atoms with Crippen LogP contribution in [0.3, 0.4) is 0 Å². The van der Waals surface area contributed by atoms with E-state index in [-0.39, 0.29) is 5.69 Å². The summed E-state index contributed by atoms with van der Waals surface area (Å²) >= 11 is 0. The number of hydrogen-bond acceptors (Lipinski definition) is 4. The van der Waals surface area contributed by atoms with Crippen molar-refractivity contribution >= 4 is 17.5 Å². The van der Waals surface area contributed by atoms with E-state index in [1.165, 1.54) is 16.9 Å². The van der Waals surface area contributed by atoms with Crippen molar-refractivity contribution in [2.75, 3.05) is 5.32 Å². The number of nitrogens with one attached hydrogen (secondary N) is 2. The molecule has 0 aliphatic heterocycles. The molecule has 0 saturated carbocycles. The molecule has 0 aliphatic carbocycles. The SMILES string of the molecule is Cc1cncc(C)c1-c1ccc(NC(=O)[C@@H](NC(=O)c2ccnn2C)C(c2ccccc2)c2ccccc2)cc1F. The molecule has 0 saturated heterocycles. The van der Waals surface area contributed by atoms with Gasteiger partial charge in [-0.3, -0.25) is 19.3 Å². The number of carbonyl (C=O) groups is 2. The van der Waals surface area contributed by atoms with Crippen LogP contribution in [0.2, 0.25) is 0 Å². The van der Waals surface area contributed by atoms with Gasteiger partial charge in [0, 0.05) is 42.8 Å². The Morgan fingerprint density at radius 2 is 1.46 bits per heavy atom. The number of benzene rings is 3. The molecular weight excluding hydrogens is 517 g/mol. The van der Waals surface area contributed by atoms with Gasteiger partial charge in [0.05, 0.1) is 0 Å². The summed E-state index contributed by atoms with van der Waals surface area (Å²) in [6, 6.07) is 24.2. The van der Waals surface area contributed by atoms with Gasteiger partial charge in [-0.2, -0.15) is 5.10 Å². The zero-order valence-corrected chi connectivity index (χ0v) is 23.0. The Morgan fingerprint density at radius 1 is 0.854 bits per heavy atom. The third kappa shape index (κ3) is 5.91. The maximum atomic E-state index is 15.4. The second-order valence-electron chi connectivity index (χ2n) is 9.92. The molecule has 41 heavy (non-hydrogen) atoms. The summed E-state index contributed by atoms with van der Waals surface area (Å²) in [7, 11) is 1.66. The molecule has 3 aromatic carbocycles. The largest absolute Gasteiger partial charge is 0.338 e. The molecule has 206 valence electrons. The first kappa shape index (κ1) is 27.5. The van der Waals surface area contributed by atoms with E-state index in [0.29, 0.717) is 11.3 Å². The molecule has 8 heteroatoms. The van der Waals surface area contributed by atoms with E-state index in [2.05, 4.69) is 20.7 Å². The first-order valence-electron chi connectivity index (χ1n) is 13.2.